The van der Waals surface area contributed by atoms with Crippen LogP contribution in [0, 0.1) is 0 Å². The van der Waals surface area contributed by atoms with E-state index in [2.05, 4.69) is 10.5 Å². The minimum atomic E-state index is -1.14. The highest BCUT2D eigenvalue weighted by molar-refractivity contribution is 5.86. The van der Waals surface area contributed by atoms with Crippen molar-refractivity contribution in [2.24, 2.45) is 5.73 Å². The van der Waals surface area contributed by atoms with Gasteiger partial charge in [0.15, 0.2) is 0 Å². The quantitative estimate of drug-likeness (QED) is 0.463. The summed E-state index contributed by atoms with van der Waals surface area (Å²) in [6.45, 7) is 1.34. The molecule has 0 heterocycles. The van der Waals surface area contributed by atoms with Crippen molar-refractivity contribution >= 4 is 17.8 Å². The lowest BCUT2D eigenvalue weighted by Gasteiger charge is -1.95. The number of primary amides is 1. The Morgan fingerprint density at radius 3 is 2.18 bits per heavy atom. The van der Waals surface area contributed by atoms with Crippen LogP contribution in [0.25, 0.3) is 0 Å². The molecule has 0 aliphatic heterocycles. The van der Waals surface area contributed by atoms with E-state index in [1.54, 1.807) is 0 Å². The smallest absolute Gasteiger partial charge is 0.376 e. The van der Waals surface area contributed by atoms with E-state index in [-0.39, 0.29) is 18.6 Å². The molecule has 2 N–H and O–H groups in total. The molecule has 1 amide bonds. The van der Waals surface area contributed by atoms with Gasteiger partial charge in [0, 0.05) is 6.42 Å². The summed E-state index contributed by atoms with van der Waals surface area (Å²) in [7, 11) is 0. The molecular weight excluding hydrogens is 150 g/mol. The van der Waals surface area contributed by atoms with Crippen LogP contribution in [0.2, 0.25) is 0 Å². The van der Waals surface area contributed by atoms with Crippen LogP contribution in [0.4, 0.5) is 4.79 Å². The Morgan fingerprint density at radius 1 is 1.27 bits per heavy atom. The van der Waals surface area contributed by atoms with E-state index in [4.69, 9.17) is 0 Å². The minimum absolute atomic E-state index is 0.0755. The van der Waals surface area contributed by atoms with Crippen LogP contribution in [0.15, 0.2) is 0 Å². The summed E-state index contributed by atoms with van der Waals surface area (Å²) >= 11 is 0. The van der Waals surface area contributed by atoms with Gasteiger partial charge in [-0.2, -0.15) is 0 Å². The standard InChI is InChI=1S/C6H9NO4/c1-4(8)2-3-5(9)11-6(7)10/h2-3H2,1H3,(H2,7,10). The van der Waals surface area contributed by atoms with Crippen molar-refractivity contribution < 1.29 is 19.1 Å². The second-order valence-corrected chi connectivity index (χ2v) is 2.00. The molecule has 0 aromatic heterocycles. The molecular formula is C6H9NO4. The Morgan fingerprint density at radius 2 is 1.82 bits per heavy atom. The van der Waals surface area contributed by atoms with Gasteiger partial charge in [0.1, 0.15) is 5.78 Å². The van der Waals surface area contributed by atoms with Crippen LogP contribution < -0.4 is 5.73 Å². The molecule has 5 heteroatoms. The lowest BCUT2D eigenvalue weighted by molar-refractivity contribution is -0.138. The first kappa shape index (κ1) is 9.61. The molecule has 0 aromatic carbocycles. The number of ketones is 1. The maximum Gasteiger partial charge on any atom is 0.412 e. The average Bonchev–Trinajstić information content (AvgIpc) is 1.82. The Kier molecular flexibility index (Phi) is 3.87. The van der Waals surface area contributed by atoms with Crippen molar-refractivity contribution in [3.8, 4) is 0 Å². The minimum Gasteiger partial charge on any atom is -0.376 e. The van der Waals surface area contributed by atoms with Crippen molar-refractivity contribution in [3.63, 3.8) is 0 Å². The largest absolute Gasteiger partial charge is 0.412 e. The number of amides is 1. The number of hydrogen-bond donors (Lipinski definition) is 1. The number of rotatable bonds is 3. The molecule has 11 heavy (non-hydrogen) atoms. The predicted molar refractivity (Wildman–Crippen MR) is 35.6 cm³/mol. The second kappa shape index (κ2) is 4.43. The number of Topliss-reactive ketones (excluding diaryl/α,β-unsaturated/α-hetero) is 1. The molecule has 0 aliphatic carbocycles. The van der Waals surface area contributed by atoms with E-state index in [0.29, 0.717) is 0 Å². The van der Waals surface area contributed by atoms with Crippen LogP contribution in [-0.2, 0) is 14.3 Å². The van der Waals surface area contributed by atoms with Gasteiger partial charge >= 0.3 is 12.1 Å². The van der Waals surface area contributed by atoms with Crippen molar-refractivity contribution in [1.82, 2.24) is 0 Å². The van der Waals surface area contributed by atoms with Gasteiger partial charge in [0.05, 0.1) is 6.42 Å². The number of ether oxygens (including phenoxy) is 1. The van der Waals surface area contributed by atoms with Gasteiger partial charge in [0.2, 0.25) is 0 Å². The lowest BCUT2D eigenvalue weighted by atomic mass is 10.2. The molecule has 0 radical (unpaired) electrons. The SMILES string of the molecule is CC(=O)CCC(=O)OC(N)=O. The Labute approximate surface area is 63.5 Å². The van der Waals surface area contributed by atoms with Crippen molar-refractivity contribution in [2.45, 2.75) is 19.8 Å². The van der Waals surface area contributed by atoms with Gasteiger partial charge in [-0.15, -0.1) is 0 Å². The van der Waals surface area contributed by atoms with E-state index in [0.717, 1.165) is 0 Å². The Hall–Kier alpha value is -1.39. The van der Waals surface area contributed by atoms with Crippen molar-refractivity contribution in [2.75, 3.05) is 0 Å². The van der Waals surface area contributed by atoms with E-state index in [1.165, 1.54) is 6.92 Å². The van der Waals surface area contributed by atoms with Gasteiger partial charge in [0.25, 0.3) is 0 Å². The maximum atomic E-state index is 10.5. The van der Waals surface area contributed by atoms with Gasteiger partial charge in [-0.1, -0.05) is 0 Å². The van der Waals surface area contributed by atoms with Crippen molar-refractivity contribution in [3.05, 3.63) is 0 Å². The number of hydrogen-bond acceptors (Lipinski definition) is 4. The summed E-state index contributed by atoms with van der Waals surface area (Å²) in [5, 5.41) is 0. The normalized spacial score (nSPS) is 8.82. The molecule has 0 rings (SSSR count). The predicted octanol–water partition coefficient (Wildman–Crippen LogP) is -0.0225. The zero-order valence-electron chi connectivity index (χ0n) is 6.12. The first-order valence-corrected chi connectivity index (χ1v) is 3.02. The van der Waals surface area contributed by atoms with Crippen LogP contribution >= 0.6 is 0 Å². The average molecular weight is 159 g/mol. The van der Waals surface area contributed by atoms with Gasteiger partial charge in [-0.3, -0.25) is 4.79 Å². The lowest BCUT2D eigenvalue weighted by Crippen LogP contribution is -2.18. The molecule has 62 valence electrons. The summed E-state index contributed by atoms with van der Waals surface area (Å²) in [5.74, 6) is -0.904. The topological polar surface area (TPSA) is 86.5 Å². The maximum absolute atomic E-state index is 10.5. The van der Waals surface area contributed by atoms with Crippen molar-refractivity contribution in [1.29, 1.82) is 0 Å². The van der Waals surface area contributed by atoms with Crippen LogP contribution in [0.5, 0.6) is 0 Å². The molecule has 0 aliphatic rings. The Bertz CT molecular complexity index is 187. The zero-order chi connectivity index (χ0) is 8.85. The molecule has 0 atom stereocenters. The highest BCUT2D eigenvalue weighted by Crippen LogP contribution is 1.93. The van der Waals surface area contributed by atoms with E-state index < -0.39 is 12.1 Å². The first-order valence-electron chi connectivity index (χ1n) is 3.02. The number of carbonyl (C=O) groups excluding carboxylic acids is 3. The highest BCUT2D eigenvalue weighted by Gasteiger charge is 2.06. The fourth-order valence-electron chi connectivity index (χ4n) is 0.441. The van der Waals surface area contributed by atoms with Gasteiger partial charge in [-0.25, -0.2) is 4.79 Å². The molecule has 0 bridgehead atoms. The van der Waals surface area contributed by atoms with Gasteiger partial charge in [-0.05, 0) is 6.92 Å². The molecule has 0 saturated heterocycles. The third kappa shape index (κ3) is 6.50. The molecule has 0 unspecified atom stereocenters. The summed E-state index contributed by atoms with van der Waals surface area (Å²) in [5.41, 5.74) is 4.53. The summed E-state index contributed by atoms with van der Waals surface area (Å²) in [6, 6.07) is 0. The summed E-state index contributed by atoms with van der Waals surface area (Å²) < 4.78 is 3.95. The first-order chi connectivity index (χ1) is 5.02. The molecule has 0 saturated carbocycles. The third-order valence-electron chi connectivity index (χ3n) is 0.896. The van der Waals surface area contributed by atoms with Gasteiger partial charge < -0.3 is 15.3 Å². The number of nitrogens with two attached hydrogens (primary N) is 1. The van der Waals surface area contributed by atoms with E-state index >= 15 is 0 Å². The number of esters is 1. The molecule has 0 aromatic rings. The summed E-state index contributed by atoms with van der Waals surface area (Å²) in [6.07, 6.45) is -1.16. The van der Waals surface area contributed by atoms with Crippen LogP contribution in [-0.4, -0.2) is 17.8 Å². The van der Waals surface area contributed by atoms with Crippen LogP contribution in [0.1, 0.15) is 19.8 Å². The molecule has 5 nitrogen and oxygen atoms in total. The number of carbonyl (C=O) groups is 3. The monoisotopic (exact) mass is 159 g/mol. The fourth-order valence-corrected chi connectivity index (χ4v) is 0.441. The highest BCUT2D eigenvalue weighted by atomic mass is 16.6. The van der Waals surface area contributed by atoms with Crippen LogP contribution in [0.3, 0.4) is 0 Å². The molecule has 0 fully saturated rings. The Balaban J connectivity index is 3.53. The summed E-state index contributed by atoms with van der Waals surface area (Å²) in [4.78, 5) is 30.7. The third-order valence-corrected chi connectivity index (χ3v) is 0.896. The zero-order valence-corrected chi connectivity index (χ0v) is 6.12. The van der Waals surface area contributed by atoms with E-state index in [9.17, 15) is 14.4 Å². The van der Waals surface area contributed by atoms with E-state index in [1.807, 2.05) is 0 Å². The molecule has 0 spiro atoms. The second-order valence-electron chi connectivity index (χ2n) is 2.00. The fraction of sp³-hybridized carbons (Fsp3) is 0.500.